The highest BCUT2D eigenvalue weighted by Gasteiger charge is 2.04. The molecule has 2 aromatic rings. The largest absolute Gasteiger partial charge is 0.493 e. The zero-order valence-electron chi connectivity index (χ0n) is 11.5. The quantitative estimate of drug-likeness (QED) is 0.522. The summed E-state index contributed by atoms with van der Waals surface area (Å²) in [5, 5.41) is 12.2. The van der Waals surface area contributed by atoms with E-state index in [9.17, 15) is 0 Å². The summed E-state index contributed by atoms with van der Waals surface area (Å²) in [4.78, 5) is 0. The Morgan fingerprint density at radius 1 is 1.33 bits per heavy atom. The van der Waals surface area contributed by atoms with Gasteiger partial charge in [-0.1, -0.05) is 45.1 Å². The number of nitrogens with one attached hydrogen (secondary N) is 1. The second kappa shape index (κ2) is 9.24. The molecule has 0 aliphatic rings. The average molecular weight is 390 g/mol. The van der Waals surface area contributed by atoms with Crippen LogP contribution in [-0.4, -0.2) is 42.8 Å². The summed E-state index contributed by atoms with van der Waals surface area (Å²) in [7, 11) is 1.67. The molecule has 0 aliphatic carbocycles. The Bertz CT molecular complexity index is 554. The summed E-state index contributed by atoms with van der Waals surface area (Å²) in [6, 6.07) is 7.82. The van der Waals surface area contributed by atoms with E-state index in [1.54, 1.807) is 30.2 Å². The maximum absolute atomic E-state index is 5.67. The van der Waals surface area contributed by atoms with Gasteiger partial charge in [0.25, 0.3) is 0 Å². The highest BCUT2D eigenvalue weighted by molar-refractivity contribution is 9.10. The third kappa shape index (κ3) is 6.21. The first-order chi connectivity index (χ1) is 10.3. The molecule has 21 heavy (non-hydrogen) atoms. The molecular formula is C13H16BrN3O2S2. The molecule has 1 aromatic heterocycles. The van der Waals surface area contributed by atoms with Crippen LogP contribution in [0.1, 0.15) is 0 Å². The van der Waals surface area contributed by atoms with Crippen LogP contribution < -0.4 is 10.1 Å². The van der Waals surface area contributed by atoms with Gasteiger partial charge in [-0.3, -0.25) is 0 Å². The summed E-state index contributed by atoms with van der Waals surface area (Å²) >= 11 is 6.60. The van der Waals surface area contributed by atoms with E-state index in [4.69, 9.17) is 9.47 Å². The number of aromatic nitrogens is 2. The lowest BCUT2D eigenvalue weighted by Gasteiger charge is -2.04. The number of anilines is 1. The fourth-order valence-electron chi connectivity index (χ4n) is 1.44. The van der Waals surface area contributed by atoms with Crippen LogP contribution in [0.3, 0.4) is 0 Å². The Morgan fingerprint density at radius 2 is 2.24 bits per heavy atom. The smallest absolute Gasteiger partial charge is 0.206 e. The molecule has 1 N–H and O–H groups in total. The van der Waals surface area contributed by atoms with E-state index < -0.39 is 0 Å². The molecule has 0 spiro atoms. The van der Waals surface area contributed by atoms with Crippen molar-refractivity contribution in [3.8, 4) is 5.75 Å². The first kappa shape index (κ1) is 16.5. The number of ether oxygens (including phenoxy) is 2. The van der Waals surface area contributed by atoms with Crippen LogP contribution in [0.4, 0.5) is 5.13 Å². The van der Waals surface area contributed by atoms with Crippen LogP contribution in [0.2, 0.25) is 0 Å². The van der Waals surface area contributed by atoms with Gasteiger partial charge in [0.2, 0.25) is 5.13 Å². The first-order valence-electron chi connectivity index (χ1n) is 6.35. The highest BCUT2D eigenvalue weighted by Crippen LogP contribution is 2.25. The number of thioether (sulfide) groups is 1. The van der Waals surface area contributed by atoms with Crippen molar-refractivity contribution in [2.24, 2.45) is 0 Å². The van der Waals surface area contributed by atoms with Gasteiger partial charge in [0, 0.05) is 23.9 Å². The van der Waals surface area contributed by atoms with Crippen molar-refractivity contribution in [3.05, 3.63) is 28.7 Å². The van der Waals surface area contributed by atoms with Gasteiger partial charge in [0.1, 0.15) is 5.75 Å². The van der Waals surface area contributed by atoms with Crippen molar-refractivity contribution >= 4 is 44.2 Å². The van der Waals surface area contributed by atoms with E-state index in [1.165, 1.54) is 0 Å². The van der Waals surface area contributed by atoms with Gasteiger partial charge in [-0.2, -0.15) is 0 Å². The minimum atomic E-state index is 0.632. The zero-order chi connectivity index (χ0) is 14.9. The van der Waals surface area contributed by atoms with Gasteiger partial charge < -0.3 is 14.8 Å². The molecule has 0 radical (unpaired) electrons. The molecule has 0 aliphatic heterocycles. The summed E-state index contributed by atoms with van der Waals surface area (Å²) in [5.41, 5.74) is 0. The fourth-order valence-corrected chi connectivity index (χ4v) is 3.49. The third-order valence-electron chi connectivity index (χ3n) is 2.36. The van der Waals surface area contributed by atoms with E-state index in [0.717, 1.165) is 32.0 Å². The minimum absolute atomic E-state index is 0.632. The number of rotatable bonds is 9. The van der Waals surface area contributed by atoms with Crippen molar-refractivity contribution in [3.63, 3.8) is 0 Å². The van der Waals surface area contributed by atoms with Crippen LogP contribution in [0.5, 0.6) is 5.75 Å². The van der Waals surface area contributed by atoms with Gasteiger partial charge in [-0.15, -0.1) is 10.2 Å². The van der Waals surface area contributed by atoms with Gasteiger partial charge in [0.15, 0.2) is 4.34 Å². The molecule has 2 rings (SSSR count). The second-order valence-electron chi connectivity index (χ2n) is 3.95. The van der Waals surface area contributed by atoms with Crippen molar-refractivity contribution in [1.29, 1.82) is 0 Å². The lowest BCUT2D eigenvalue weighted by Crippen LogP contribution is -2.06. The lowest BCUT2D eigenvalue weighted by atomic mass is 10.3. The second-order valence-corrected chi connectivity index (χ2v) is 7.18. The van der Waals surface area contributed by atoms with Crippen LogP contribution in [0.25, 0.3) is 0 Å². The SMILES string of the molecule is COCCNc1nnc(SCCOc2cccc(Br)c2)s1. The van der Waals surface area contributed by atoms with Crippen molar-refractivity contribution < 1.29 is 9.47 Å². The van der Waals surface area contributed by atoms with Gasteiger partial charge in [0.05, 0.1) is 13.2 Å². The number of hydrogen-bond donors (Lipinski definition) is 1. The molecule has 0 unspecified atom stereocenters. The topological polar surface area (TPSA) is 56.3 Å². The molecule has 0 saturated carbocycles. The Morgan fingerprint density at radius 3 is 3.05 bits per heavy atom. The molecule has 0 bridgehead atoms. The summed E-state index contributed by atoms with van der Waals surface area (Å²) in [6.07, 6.45) is 0. The molecule has 8 heteroatoms. The molecule has 5 nitrogen and oxygen atoms in total. The maximum Gasteiger partial charge on any atom is 0.206 e. The molecule has 114 valence electrons. The van der Waals surface area contributed by atoms with Crippen molar-refractivity contribution in [1.82, 2.24) is 10.2 Å². The Hall–Kier alpha value is -0.830. The van der Waals surface area contributed by atoms with Crippen LogP contribution >= 0.6 is 39.0 Å². The first-order valence-corrected chi connectivity index (χ1v) is 8.95. The highest BCUT2D eigenvalue weighted by atomic mass is 79.9. The van der Waals surface area contributed by atoms with E-state index in [0.29, 0.717) is 13.2 Å². The number of methoxy groups -OCH3 is 1. The van der Waals surface area contributed by atoms with Crippen molar-refractivity contribution in [2.75, 3.05) is 37.9 Å². The number of halogens is 1. The average Bonchev–Trinajstić information content (AvgIpc) is 2.92. The fraction of sp³-hybridized carbons (Fsp3) is 0.385. The molecule has 0 atom stereocenters. The Kier molecular flexibility index (Phi) is 7.28. The standard InChI is InChI=1S/C13H16BrN3O2S2/c1-18-6-5-15-12-16-17-13(21-12)20-8-7-19-11-4-2-3-10(14)9-11/h2-4,9H,5-8H2,1H3,(H,15,16). The zero-order valence-corrected chi connectivity index (χ0v) is 14.8. The summed E-state index contributed by atoms with van der Waals surface area (Å²) < 4.78 is 12.6. The normalized spacial score (nSPS) is 10.6. The van der Waals surface area contributed by atoms with Crippen LogP contribution in [-0.2, 0) is 4.74 Å². The molecular weight excluding hydrogens is 374 g/mol. The van der Waals surface area contributed by atoms with E-state index in [-0.39, 0.29) is 0 Å². The van der Waals surface area contributed by atoms with E-state index in [1.807, 2.05) is 24.3 Å². The Labute approximate surface area is 140 Å². The number of benzene rings is 1. The molecule has 1 heterocycles. The van der Waals surface area contributed by atoms with Crippen LogP contribution in [0.15, 0.2) is 33.1 Å². The summed E-state index contributed by atoms with van der Waals surface area (Å²) in [6.45, 7) is 2.03. The lowest BCUT2D eigenvalue weighted by molar-refractivity contribution is 0.211. The third-order valence-corrected chi connectivity index (χ3v) is 4.83. The van der Waals surface area contributed by atoms with Gasteiger partial charge in [-0.05, 0) is 18.2 Å². The van der Waals surface area contributed by atoms with Crippen molar-refractivity contribution in [2.45, 2.75) is 4.34 Å². The number of hydrogen-bond acceptors (Lipinski definition) is 7. The van der Waals surface area contributed by atoms with Gasteiger partial charge >= 0.3 is 0 Å². The molecule has 0 fully saturated rings. The monoisotopic (exact) mass is 389 g/mol. The number of nitrogens with zero attached hydrogens (tertiary/aromatic N) is 2. The molecule has 0 saturated heterocycles. The maximum atomic E-state index is 5.67. The van der Waals surface area contributed by atoms with E-state index >= 15 is 0 Å². The predicted molar refractivity (Wildman–Crippen MR) is 90.6 cm³/mol. The Balaban J connectivity index is 1.66. The summed E-state index contributed by atoms with van der Waals surface area (Å²) in [5.74, 6) is 1.70. The van der Waals surface area contributed by atoms with Gasteiger partial charge in [-0.25, -0.2) is 0 Å². The van der Waals surface area contributed by atoms with Crippen LogP contribution in [0, 0.1) is 0 Å². The predicted octanol–water partition coefficient (Wildman–Crippen LogP) is 3.53. The molecule has 0 amide bonds. The molecule has 1 aromatic carbocycles. The minimum Gasteiger partial charge on any atom is -0.493 e. The van der Waals surface area contributed by atoms with E-state index in [2.05, 4.69) is 31.4 Å².